The van der Waals surface area contributed by atoms with Crippen LogP contribution in [0.1, 0.15) is 55.8 Å². The van der Waals surface area contributed by atoms with Crippen molar-refractivity contribution in [2.75, 3.05) is 13.7 Å². The third-order valence-corrected chi connectivity index (χ3v) is 5.37. The Bertz CT molecular complexity index is 751. The van der Waals surface area contributed by atoms with Gasteiger partial charge in [-0.05, 0) is 31.0 Å². The fraction of sp³-hybridized carbons (Fsp3) is 0.435. The highest BCUT2D eigenvalue weighted by molar-refractivity contribution is 7.10. The average Bonchev–Trinajstić information content (AvgIpc) is 3.20. The molecule has 2 aromatic rings. The van der Waals surface area contributed by atoms with Gasteiger partial charge >= 0.3 is 0 Å². The van der Waals surface area contributed by atoms with Gasteiger partial charge in [-0.2, -0.15) is 0 Å². The van der Waals surface area contributed by atoms with Crippen LogP contribution in [0.15, 0.2) is 42.8 Å². The average molecular weight is 402 g/mol. The number of ether oxygens (including phenoxy) is 3. The Hall–Kier alpha value is -2.11. The fourth-order valence-electron chi connectivity index (χ4n) is 2.59. The number of nitrogens with zero attached hydrogens (tertiary/aromatic N) is 1. The predicted octanol–water partition coefficient (Wildman–Crippen LogP) is 6.34. The van der Waals surface area contributed by atoms with Crippen LogP contribution in [0.4, 0.5) is 0 Å². The molecule has 1 aromatic heterocycles. The van der Waals surface area contributed by atoms with E-state index in [1.807, 2.05) is 36.6 Å². The van der Waals surface area contributed by atoms with Crippen molar-refractivity contribution in [3.8, 4) is 5.75 Å². The lowest BCUT2D eigenvalue weighted by Crippen LogP contribution is -2.13. The molecule has 1 atom stereocenters. The molecule has 0 amide bonds. The first kappa shape index (κ1) is 22.2. The molecule has 2 rings (SSSR count). The van der Waals surface area contributed by atoms with Crippen LogP contribution in [0.3, 0.4) is 0 Å². The van der Waals surface area contributed by atoms with E-state index in [9.17, 15) is 0 Å². The second-order valence-electron chi connectivity index (χ2n) is 6.71. The Morgan fingerprint density at radius 1 is 1.14 bits per heavy atom. The summed E-state index contributed by atoms with van der Waals surface area (Å²) in [5.41, 5.74) is 2.71. The molecule has 152 valence electrons. The van der Waals surface area contributed by atoms with Crippen LogP contribution >= 0.6 is 11.3 Å². The van der Waals surface area contributed by atoms with Gasteiger partial charge in [-0.1, -0.05) is 51.5 Å². The van der Waals surface area contributed by atoms with Crippen LogP contribution in [-0.2, 0) is 16.1 Å². The summed E-state index contributed by atoms with van der Waals surface area (Å²) in [5, 5.41) is 2.74. The highest BCUT2D eigenvalue weighted by Crippen LogP contribution is 2.26. The molecule has 0 radical (unpaired) electrons. The molecule has 0 aliphatic heterocycles. The topological polar surface area (TPSA) is 40.6 Å². The Balaban J connectivity index is 1.81. The second-order valence-corrected chi connectivity index (χ2v) is 7.57. The molecule has 0 fully saturated rings. The predicted molar refractivity (Wildman–Crippen MR) is 118 cm³/mol. The molecule has 0 aliphatic rings. The largest absolute Gasteiger partial charge is 0.495 e. The summed E-state index contributed by atoms with van der Waals surface area (Å²) in [6, 6.07) is 8.03. The minimum Gasteiger partial charge on any atom is -0.495 e. The van der Waals surface area contributed by atoms with E-state index in [0.717, 1.165) is 40.6 Å². The van der Waals surface area contributed by atoms with Crippen LogP contribution in [0, 0.1) is 0 Å². The van der Waals surface area contributed by atoms with Crippen LogP contribution in [0.2, 0.25) is 0 Å². The normalized spacial score (nSPS) is 11.8. The minimum absolute atomic E-state index is 0.185. The molecule has 0 aliphatic carbocycles. The summed E-state index contributed by atoms with van der Waals surface area (Å²) < 4.78 is 16.9. The summed E-state index contributed by atoms with van der Waals surface area (Å²) in [5.74, 6) is 1.35. The first-order valence-electron chi connectivity index (χ1n) is 9.76. The quantitative estimate of drug-likeness (QED) is 0.290. The molecule has 0 saturated heterocycles. The Morgan fingerprint density at radius 3 is 2.57 bits per heavy atom. The van der Waals surface area contributed by atoms with Crippen molar-refractivity contribution in [3.63, 3.8) is 0 Å². The van der Waals surface area contributed by atoms with Crippen molar-refractivity contribution in [2.45, 2.75) is 52.2 Å². The monoisotopic (exact) mass is 401 g/mol. The number of unbranched alkanes of at least 4 members (excludes halogenated alkanes) is 3. The number of methoxy groups -OCH3 is 1. The Labute approximate surface area is 172 Å². The summed E-state index contributed by atoms with van der Waals surface area (Å²) in [6.45, 7) is 13.6. The zero-order valence-corrected chi connectivity index (χ0v) is 18.0. The van der Waals surface area contributed by atoms with Gasteiger partial charge in [0.1, 0.15) is 28.3 Å². The maximum Gasteiger partial charge on any atom is 0.138 e. The zero-order valence-electron chi connectivity index (χ0n) is 17.2. The van der Waals surface area contributed by atoms with E-state index in [-0.39, 0.29) is 6.10 Å². The Morgan fingerprint density at radius 2 is 1.89 bits per heavy atom. The maximum atomic E-state index is 6.02. The molecule has 0 saturated carbocycles. The molecule has 0 N–H and O–H groups in total. The first-order valence-corrected chi connectivity index (χ1v) is 10.6. The molecule has 0 spiro atoms. The summed E-state index contributed by atoms with van der Waals surface area (Å²) in [4.78, 5) is 4.52. The maximum absolute atomic E-state index is 6.02. The van der Waals surface area contributed by atoms with Gasteiger partial charge in [0.25, 0.3) is 0 Å². The molecular weight excluding hydrogens is 370 g/mol. The second kappa shape index (κ2) is 11.7. The highest BCUT2D eigenvalue weighted by atomic mass is 32.1. The molecule has 5 heteroatoms. The van der Waals surface area contributed by atoms with Crippen molar-refractivity contribution in [3.05, 3.63) is 59.1 Å². The van der Waals surface area contributed by atoms with Gasteiger partial charge in [-0.15, -0.1) is 11.3 Å². The van der Waals surface area contributed by atoms with E-state index in [2.05, 4.69) is 25.1 Å². The number of hydrogen-bond acceptors (Lipinski definition) is 5. The molecule has 28 heavy (non-hydrogen) atoms. The van der Waals surface area contributed by atoms with E-state index in [1.165, 1.54) is 30.6 Å². The SMILES string of the molecule is C=C(OC)c1csc(C(=C)C(C)Oc2ccc(COCCCCCC)cc2)n1. The minimum atomic E-state index is -0.185. The van der Waals surface area contributed by atoms with Crippen molar-refractivity contribution >= 4 is 22.7 Å². The van der Waals surface area contributed by atoms with Gasteiger partial charge in [-0.25, -0.2) is 4.98 Å². The molecule has 0 bridgehead atoms. The van der Waals surface area contributed by atoms with Crippen LogP contribution in [0.25, 0.3) is 11.3 Å². The van der Waals surface area contributed by atoms with Gasteiger partial charge in [-0.3, -0.25) is 0 Å². The van der Waals surface area contributed by atoms with Crippen molar-refractivity contribution in [1.82, 2.24) is 4.98 Å². The van der Waals surface area contributed by atoms with Gasteiger partial charge in [0, 0.05) is 17.6 Å². The van der Waals surface area contributed by atoms with Gasteiger partial charge in [0.15, 0.2) is 0 Å². The lowest BCUT2D eigenvalue weighted by atomic mass is 10.2. The van der Waals surface area contributed by atoms with Crippen LogP contribution in [0.5, 0.6) is 5.75 Å². The number of rotatable bonds is 13. The number of benzene rings is 1. The lowest BCUT2D eigenvalue weighted by molar-refractivity contribution is 0.117. The van der Waals surface area contributed by atoms with Crippen molar-refractivity contribution in [1.29, 1.82) is 0 Å². The number of hydrogen-bond donors (Lipinski definition) is 0. The van der Waals surface area contributed by atoms with Crippen LogP contribution in [-0.4, -0.2) is 24.8 Å². The van der Waals surface area contributed by atoms with E-state index in [0.29, 0.717) is 12.4 Å². The zero-order chi connectivity index (χ0) is 20.4. The molecule has 1 heterocycles. The van der Waals surface area contributed by atoms with Crippen molar-refractivity contribution < 1.29 is 14.2 Å². The lowest BCUT2D eigenvalue weighted by Gasteiger charge is -2.16. The van der Waals surface area contributed by atoms with E-state index in [1.54, 1.807) is 7.11 Å². The number of aromatic nitrogens is 1. The van der Waals surface area contributed by atoms with Crippen LogP contribution < -0.4 is 4.74 Å². The molecular formula is C23H31NO3S. The van der Waals surface area contributed by atoms with Gasteiger partial charge in [0.05, 0.1) is 13.7 Å². The summed E-state index contributed by atoms with van der Waals surface area (Å²) >= 11 is 1.51. The molecule has 1 unspecified atom stereocenters. The standard InChI is InChI=1S/C23H31NO3S/c1-6-7-8-9-14-26-15-20-10-12-21(13-11-20)27-18(3)17(2)23-24-22(16-28-23)19(4)25-5/h10-13,16,18H,2,4,6-9,14-15H2,1,3,5H3. The summed E-state index contributed by atoms with van der Waals surface area (Å²) in [6.07, 6.45) is 4.71. The fourth-order valence-corrected chi connectivity index (χ4v) is 3.46. The van der Waals surface area contributed by atoms with Gasteiger partial charge < -0.3 is 14.2 Å². The van der Waals surface area contributed by atoms with E-state index < -0.39 is 0 Å². The molecule has 1 aromatic carbocycles. The Kier molecular flexibility index (Phi) is 9.24. The smallest absolute Gasteiger partial charge is 0.138 e. The highest BCUT2D eigenvalue weighted by Gasteiger charge is 2.15. The third kappa shape index (κ3) is 6.80. The first-order chi connectivity index (χ1) is 13.5. The summed E-state index contributed by atoms with van der Waals surface area (Å²) in [7, 11) is 1.59. The molecule has 4 nitrogen and oxygen atoms in total. The number of thiazole rings is 1. The third-order valence-electron chi connectivity index (χ3n) is 4.45. The van der Waals surface area contributed by atoms with E-state index >= 15 is 0 Å². The van der Waals surface area contributed by atoms with Gasteiger partial charge in [0.2, 0.25) is 0 Å². The van der Waals surface area contributed by atoms with E-state index in [4.69, 9.17) is 14.2 Å². The van der Waals surface area contributed by atoms with Crippen molar-refractivity contribution in [2.24, 2.45) is 0 Å².